The molecule has 1 heterocycles. The molecule has 2 fully saturated rings. The topological polar surface area (TPSA) is 53.7 Å². The van der Waals surface area contributed by atoms with Gasteiger partial charge in [-0.25, -0.2) is 4.98 Å². The molecule has 0 radical (unpaired) electrons. The van der Waals surface area contributed by atoms with Gasteiger partial charge in [-0.3, -0.25) is 0 Å². The third kappa shape index (κ3) is 5.33. The minimum absolute atomic E-state index is 0.187. The molecule has 0 spiro atoms. The zero-order valence-corrected chi connectivity index (χ0v) is 22.1. The van der Waals surface area contributed by atoms with Gasteiger partial charge in [-0.2, -0.15) is 0 Å². The second-order valence-corrected chi connectivity index (χ2v) is 16.3. The first-order chi connectivity index (χ1) is 16.2. The average molecular weight is 480 g/mol. The number of rotatable bonds is 9. The second-order valence-electron chi connectivity index (χ2n) is 11.5. The van der Waals surface area contributed by atoms with Crippen LogP contribution in [0.5, 0.6) is 11.5 Å². The van der Waals surface area contributed by atoms with E-state index in [-0.39, 0.29) is 11.1 Å². The van der Waals surface area contributed by atoms with Crippen LogP contribution in [0.25, 0.3) is 11.1 Å². The van der Waals surface area contributed by atoms with Crippen molar-refractivity contribution < 1.29 is 18.3 Å². The summed E-state index contributed by atoms with van der Waals surface area (Å²) in [5.41, 5.74) is 2.89. The van der Waals surface area contributed by atoms with E-state index in [0.29, 0.717) is 12.5 Å². The molecule has 34 heavy (non-hydrogen) atoms. The molecule has 2 aliphatic carbocycles. The number of aromatic nitrogens is 1. The minimum atomic E-state index is -1.78. The molecule has 0 saturated heterocycles. The molecule has 2 aliphatic rings. The third-order valence-electron chi connectivity index (χ3n) is 7.61. The molecular weight excluding hydrogens is 442 g/mol. The molecule has 0 unspecified atom stereocenters. The van der Waals surface area contributed by atoms with Gasteiger partial charge in [0, 0.05) is 12.0 Å². The summed E-state index contributed by atoms with van der Waals surface area (Å²) in [4.78, 5) is 4.75. The van der Waals surface area contributed by atoms with Crippen LogP contribution < -0.4 is 9.47 Å². The van der Waals surface area contributed by atoms with Gasteiger partial charge in [0.1, 0.15) is 23.1 Å². The molecule has 2 saturated carbocycles. The minimum Gasteiger partial charge on any atom is -0.493 e. The number of oxazole rings is 1. The Bertz CT molecular complexity index is 1140. The van der Waals surface area contributed by atoms with Gasteiger partial charge in [0.25, 0.3) is 0 Å². The van der Waals surface area contributed by atoms with E-state index in [9.17, 15) is 0 Å². The maximum atomic E-state index is 6.38. The number of hydrogen-bond donors (Lipinski definition) is 0. The Morgan fingerprint density at radius 3 is 2.53 bits per heavy atom. The highest BCUT2D eigenvalue weighted by Crippen LogP contribution is 2.41. The summed E-state index contributed by atoms with van der Waals surface area (Å²) < 4.78 is 24.6. The van der Waals surface area contributed by atoms with E-state index >= 15 is 0 Å². The summed E-state index contributed by atoms with van der Waals surface area (Å²) in [6.45, 7) is 12.8. The third-order valence-corrected chi connectivity index (χ3v) is 12.1. The molecule has 2 aromatic carbocycles. The smallest absolute Gasteiger partial charge is 0.198 e. The van der Waals surface area contributed by atoms with Crippen LogP contribution in [-0.2, 0) is 11.0 Å². The lowest BCUT2D eigenvalue weighted by atomic mass is 9.82. The molecule has 0 bridgehead atoms. The predicted molar refractivity (Wildman–Crippen MR) is 137 cm³/mol. The van der Waals surface area contributed by atoms with Gasteiger partial charge in [-0.1, -0.05) is 32.9 Å². The van der Waals surface area contributed by atoms with E-state index in [1.807, 2.05) is 30.3 Å². The van der Waals surface area contributed by atoms with Crippen LogP contribution in [0.3, 0.4) is 0 Å². The summed E-state index contributed by atoms with van der Waals surface area (Å²) in [5.74, 6) is 3.64. The van der Waals surface area contributed by atoms with Crippen molar-refractivity contribution in [3.8, 4) is 11.5 Å². The zero-order valence-electron chi connectivity index (χ0n) is 21.1. The molecule has 0 atom stereocenters. The van der Waals surface area contributed by atoms with Gasteiger partial charge >= 0.3 is 0 Å². The van der Waals surface area contributed by atoms with Crippen LogP contribution in [0.4, 0.5) is 0 Å². The van der Waals surface area contributed by atoms with Crippen LogP contribution in [0, 0.1) is 5.92 Å². The van der Waals surface area contributed by atoms with Crippen molar-refractivity contribution in [1.29, 1.82) is 0 Å². The van der Waals surface area contributed by atoms with Gasteiger partial charge in [0.15, 0.2) is 19.8 Å². The normalized spacial score (nSPS) is 20.9. The lowest BCUT2D eigenvalue weighted by Gasteiger charge is -2.36. The molecule has 0 amide bonds. The molecule has 5 nitrogen and oxygen atoms in total. The van der Waals surface area contributed by atoms with Crippen LogP contribution in [-0.4, -0.2) is 26.0 Å². The summed E-state index contributed by atoms with van der Waals surface area (Å²) in [6.07, 6.45) is 4.61. The first-order valence-corrected chi connectivity index (χ1v) is 15.5. The Morgan fingerprint density at radius 2 is 1.79 bits per heavy atom. The molecule has 0 aliphatic heterocycles. The fourth-order valence-corrected chi connectivity index (χ4v) is 4.88. The predicted octanol–water partition coefficient (Wildman–Crippen LogP) is 7.46. The second kappa shape index (κ2) is 9.04. The quantitative estimate of drug-likeness (QED) is 0.298. The first kappa shape index (κ1) is 23.4. The van der Waals surface area contributed by atoms with Gasteiger partial charge < -0.3 is 18.3 Å². The van der Waals surface area contributed by atoms with Crippen LogP contribution in [0.1, 0.15) is 63.8 Å². The monoisotopic (exact) mass is 479 g/mol. The van der Waals surface area contributed by atoms with E-state index in [0.717, 1.165) is 59.4 Å². The Morgan fingerprint density at radius 1 is 1.03 bits per heavy atom. The number of nitrogens with zero attached hydrogens (tertiary/aromatic N) is 1. The van der Waals surface area contributed by atoms with Crippen molar-refractivity contribution in [1.82, 2.24) is 4.98 Å². The van der Waals surface area contributed by atoms with Gasteiger partial charge in [0.05, 0.1) is 13.2 Å². The Kier molecular flexibility index (Phi) is 6.23. The van der Waals surface area contributed by atoms with Crippen LogP contribution in [0.2, 0.25) is 18.1 Å². The summed E-state index contributed by atoms with van der Waals surface area (Å²) in [7, 11) is -1.78. The van der Waals surface area contributed by atoms with E-state index < -0.39 is 8.32 Å². The highest BCUT2D eigenvalue weighted by atomic mass is 28.4. The SMILES string of the molecule is CC(C)(C)[Si](C)(C)OCc1ccc2nc(C3CC(Oc4cccc(OCC5CC5)c4)C3)oc2c1. The van der Waals surface area contributed by atoms with E-state index in [1.165, 1.54) is 12.8 Å². The Hall–Kier alpha value is -2.31. The van der Waals surface area contributed by atoms with Crippen LogP contribution in [0.15, 0.2) is 46.9 Å². The molecule has 3 aromatic rings. The lowest BCUT2D eigenvalue weighted by Crippen LogP contribution is -2.40. The van der Waals surface area contributed by atoms with E-state index in [2.05, 4.69) is 46.0 Å². The number of ether oxygens (including phenoxy) is 2. The van der Waals surface area contributed by atoms with Crippen molar-refractivity contribution in [2.45, 2.75) is 83.2 Å². The van der Waals surface area contributed by atoms with Crippen molar-refractivity contribution in [3.63, 3.8) is 0 Å². The fourth-order valence-electron chi connectivity index (χ4n) is 3.92. The largest absolute Gasteiger partial charge is 0.493 e. The molecular formula is C28H37NO4Si. The standard InChI is InChI=1S/C28H37NO4Si/c1-28(2,3)34(4,5)31-18-20-11-12-25-26(13-20)33-27(29-25)21-14-24(15-21)32-23-8-6-7-22(16-23)30-17-19-9-10-19/h6-8,11-13,16,19,21,24H,9-10,14-15,17-18H2,1-5H3. The number of benzene rings is 2. The van der Waals surface area contributed by atoms with Crippen molar-refractivity contribution in [2.24, 2.45) is 5.92 Å². The molecule has 1 aromatic heterocycles. The molecule has 6 heteroatoms. The maximum absolute atomic E-state index is 6.38. The zero-order chi connectivity index (χ0) is 23.9. The fraction of sp³-hybridized carbons (Fsp3) is 0.536. The molecule has 5 rings (SSSR count). The van der Waals surface area contributed by atoms with E-state index in [4.69, 9.17) is 23.3 Å². The summed E-state index contributed by atoms with van der Waals surface area (Å²) >= 11 is 0. The van der Waals surface area contributed by atoms with E-state index in [1.54, 1.807) is 0 Å². The lowest BCUT2D eigenvalue weighted by molar-refractivity contribution is 0.0880. The highest BCUT2D eigenvalue weighted by molar-refractivity contribution is 6.74. The molecule has 182 valence electrons. The molecule has 0 N–H and O–H groups in total. The maximum Gasteiger partial charge on any atom is 0.198 e. The highest BCUT2D eigenvalue weighted by Gasteiger charge is 2.37. The van der Waals surface area contributed by atoms with Crippen molar-refractivity contribution >= 4 is 19.4 Å². The Labute approximate surface area is 203 Å². The average Bonchev–Trinajstić information content (AvgIpc) is 3.50. The van der Waals surface area contributed by atoms with Gasteiger partial charge in [-0.05, 0) is 79.6 Å². The van der Waals surface area contributed by atoms with Gasteiger partial charge in [0.2, 0.25) is 0 Å². The first-order valence-electron chi connectivity index (χ1n) is 12.6. The summed E-state index contributed by atoms with van der Waals surface area (Å²) in [5, 5.41) is 0.199. The number of hydrogen-bond acceptors (Lipinski definition) is 5. The van der Waals surface area contributed by atoms with Crippen molar-refractivity contribution in [3.05, 3.63) is 53.9 Å². The summed E-state index contributed by atoms with van der Waals surface area (Å²) in [6, 6.07) is 14.2. The van der Waals surface area contributed by atoms with Crippen LogP contribution >= 0.6 is 0 Å². The van der Waals surface area contributed by atoms with Gasteiger partial charge in [-0.15, -0.1) is 0 Å². The Balaban J connectivity index is 1.16. The number of fused-ring (bicyclic) bond motifs is 1. The van der Waals surface area contributed by atoms with Crippen molar-refractivity contribution in [2.75, 3.05) is 6.61 Å².